The van der Waals surface area contributed by atoms with E-state index in [4.69, 9.17) is 0 Å². The van der Waals surface area contributed by atoms with Gasteiger partial charge < -0.3 is 9.90 Å². The topological polar surface area (TPSA) is 40.1 Å². The van der Waals surface area contributed by atoms with Crippen LogP contribution in [0, 0.1) is 17.5 Å². The summed E-state index contributed by atoms with van der Waals surface area (Å²) in [5, 5.41) is 10.0. The third-order valence-electron chi connectivity index (χ3n) is 1.39. The minimum Gasteiger partial charge on any atom is -0.550 e. The molecule has 1 aromatic carbocycles. The maximum atomic E-state index is 12.5. The van der Waals surface area contributed by atoms with E-state index in [0.717, 1.165) is 0 Å². The maximum absolute atomic E-state index is 12.5. The second-order valence-corrected chi connectivity index (χ2v) is 2.42. The molecule has 0 amide bonds. The highest BCUT2D eigenvalue weighted by Crippen LogP contribution is 2.13. The van der Waals surface area contributed by atoms with E-state index in [1.165, 1.54) is 0 Å². The summed E-state index contributed by atoms with van der Waals surface area (Å²) in [6, 6.07) is 1.24. The van der Waals surface area contributed by atoms with Gasteiger partial charge in [0.2, 0.25) is 0 Å². The monoisotopic (exact) mass is 189 g/mol. The molecule has 0 atom stereocenters. The number of aliphatic carboxylic acids is 1. The van der Waals surface area contributed by atoms with Crippen molar-refractivity contribution in [3.8, 4) is 0 Å². The van der Waals surface area contributed by atoms with Crippen molar-refractivity contribution >= 4 is 5.97 Å². The molecule has 0 aromatic heterocycles. The van der Waals surface area contributed by atoms with E-state index >= 15 is 0 Å². The second-order valence-electron chi connectivity index (χ2n) is 2.42. The van der Waals surface area contributed by atoms with Gasteiger partial charge in [0.15, 0.2) is 17.5 Å². The lowest BCUT2D eigenvalue weighted by molar-refractivity contribution is -0.304. The minimum absolute atomic E-state index is 0.170. The fourth-order valence-electron chi connectivity index (χ4n) is 0.877. The van der Waals surface area contributed by atoms with Gasteiger partial charge >= 0.3 is 0 Å². The Morgan fingerprint density at radius 1 is 1.23 bits per heavy atom. The molecule has 0 bridgehead atoms. The number of benzene rings is 1. The molecule has 0 aliphatic heterocycles. The first-order chi connectivity index (χ1) is 6.00. The predicted octanol–water partition coefficient (Wildman–Crippen LogP) is 0.396. The Hall–Kier alpha value is -1.52. The Kier molecular flexibility index (Phi) is 2.55. The minimum atomic E-state index is -1.61. The van der Waals surface area contributed by atoms with E-state index in [9.17, 15) is 23.1 Å². The Bertz CT molecular complexity index is 326. The number of carbonyl (C=O) groups is 1. The summed E-state index contributed by atoms with van der Waals surface area (Å²) in [7, 11) is 0. The van der Waals surface area contributed by atoms with Gasteiger partial charge in [-0.2, -0.15) is 0 Å². The SMILES string of the molecule is O=C([O-])Cc1cc(F)c(F)c(F)c1. The van der Waals surface area contributed by atoms with Gasteiger partial charge in [-0.05, 0) is 17.7 Å². The summed E-state index contributed by atoms with van der Waals surface area (Å²) in [5.41, 5.74) is -0.170. The predicted molar refractivity (Wildman–Crippen MR) is 35.0 cm³/mol. The Balaban J connectivity index is 3.06. The zero-order chi connectivity index (χ0) is 10.0. The molecule has 0 fully saturated rings. The first-order valence-corrected chi connectivity index (χ1v) is 3.34. The van der Waals surface area contributed by atoms with Crippen molar-refractivity contribution in [2.45, 2.75) is 6.42 Å². The van der Waals surface area contributed by atoms with Crippen molar-refractivity contribution in [1.82, 2.24) is 0 Å². The van der Waals surface area contributed by atoms with E-state index in [-0.39, 0.29) is 5.56 Å². The van der Waals surface area contributed by atoms with Gasteiger partial charge in [0.1, 0.15) is 0 Å². The summed E-state index contributed by atoms with van der Waals surface area (Å²) in [5.74, 6) is -5.90. The molecule has 0 saturated carbocycles. The Morgan fingerprint density at radius 2 is 1.69 bits per heavy atom. The molecule has 2 nitrogen and oxygen atoms in total. The van der Waals surface area contributed by atoms with E-state index in [1.807, 2.05) is 0 Å². The quantitative estimate of drug-likeness (QED) is 0.631. The Morgan fingerprint density at radius 3 is 2.08 bits per heavy atom. The zero-order valence-electron chi connectivity index (χ0n) is 6.31. The molecule has 1 rings (SSSR count). The summed E-state index contributed by atoms with van der Waals surface area (Å²) < 4.78 is 37.3. The molecule has 0 N–H and O–H groups in total. The van der Waals surface area contributed by atoms with Crippen molar-refractivity contribution in [1.29, 1.82) is 0 Å². The first-order valence-electron chi connectivity index (χ1n) is 3.34. The van der Waals surface area contributed by atoms with E-state index in [2.05, 4.69) is 0 Å². The van der Waals surface area contributed by atoms with Gasteiger partial charge in [0, 0.05) is 12.4 Å². The molecular formula is C8H4F3O2-. The smallest absolute Gasteiger partial charge is 0.194 e. The average Bonchev–Trinajstić information content (AvgIpc) is 1.98. The van der Waals surface area contributed by atoms with Crippen molar-refractivity contribution in [2.75, 3.05) is 0 Å². The van der Waals surface area contributed by atoms with E-state index in [0.29, 0.717) is 12.1 Å². The highest BCUT2D eigenvalue weighted by atomic mass is 19.2. The van der Waals surface area contributed by atoms with Crippen LogP contribution in [0.15, 0.2) is 12.1 Å². The molecule has 0 aliphatic carbocycles. The maximum Gasteiger partial charge on any atom is 0.194 e. The number of hydrogen-bond donors (Lipinski definition) is 0. The van der Waals surface area contributed by atoms with Crippen LogP contribution in [0.4, 0.5) is 13.2 Å². The van der Waals surface area contributed by atoms with Gasteiger partial charge in [-0.3, -0.25) is 0 Å². The average molecular weight is 189 g/mol. The molecular weight excluding hydrogens is 185 g/mol. The fourth-order valence-corrected chi connectivity index (χ4v) is 0.877. The van der Waals surface area contributed by atoms with Crippen LogP contribution >= 0.6 is 0 Å². The summed E-state index contributed by atoms with van der Waals surface area (Å²) in [6.07, 6.45) is -0.645. The summed E-state index contributed by atoms with van der Waals surface area (Å²) in [4.78, 5) is 10.0. The standard InChI is InChI=1S/C8H5F3O2/c9-5-1-4(3-7(12)13)2-6(10)8(5)11/h1-2H,3H2,(H,12,13)/p-1. The normalized spacial score (nSPS) is 10.1. The van der Waals surface area contributed by atoms with Crippen molar-refractivity contribution in [3.05, 3.63) is 35.1 Å². The lowest BCUT2D eigenvalue weighted by Gasteiger charge is -2.03. The molecule has 13 heavy (non-hydrogen) atoms. The molecule has 70 valence electrons. The molecule has 0 heterocycles. The number of hydrogen-bond acceptors (Lipinski definition) is 2. The van der Waals surface area contributed by atoms with Gasteiger partial charge in [-0.1, -0.05) is 0 Å². The van der Waals surface area contributed by atoms with Gasteiger partial charge in [0.05, 0.1) is 0 Å². The summed E-state index contributed by atoms with van der Waals surface area (Å²) in [6.45, 7) is 0. The van der Waals surface area contributed by atoms with Crippen LogP contribution in [0.5, 0.6) is 0 Å². The second kappa shape index (κ2) is 3.47. The third kappa shape index (κ3) is 2.21. The van der Waals surface area contributed by atoms with Crippen molar-refractivity contribution in [3.63, 3.8) is 0 Å². The van der Waals surface area contributed by atoms with Crippen LogP contribution < -0.4 is 5.11 Å². The largest absolute Gasteiger partial charge is 0.550 e. The van der Waals surface area contributed by atoms with Crippen LogP contribution in [0.25, 0.3) is 0 Å². The lowest BCUT2D eigenvalue weighted by Crippen LogP contribution is -2.24. The van der Waals surface area contributed by atoms with Gasteiger partial charge in [-0.25, -0.2) is 13.2 Å². The number of carbonyl (C=O) groups excluding carboxylic acids is 1. The Labute approximate surface area is 71.6 Å². The van der Waals surface area contributed by atoms with Crippen LogP contribution in [0.3, 0.4) is 0 Å². The highest BCUT2D eigenvalue weighted by molar-refractivity contribution is 5.67. The molecule has 0 radical (unpaired) electrons. The number of rotatable bonds is 2. The highest BCUT2D eigenvalue weighted by Gasteiger charge is 2.09. The lowest BCUT2D eigenvalue weighted by atomic mass is 10.1. The van der Waals surface area contributed by atoms with Crippen LogP contribution in [0.1, 0.15) is 5.56 Å². The zero-order valence-corrected chi connectivity index (χ0v) is 6.31. The number of carboxylic acids is 1. The van der Waals surface area contributed by atoms with E-state index in [1.54, 1.807) is 0 Å². The van der Waals surface area contributed by atoms with Gasteiger partial charge in [0.25, 0.3) is 0 Å². The molecule has 0 aliphatic rings. The van der Waals surface area contributed by atoms with Gasteiger partial charge in [-0.15, -0.1) is 0 Å². The fraction of sp³-hybridized carbons (Fsp3) is 0.125. The van der Waals surface area contributed by atoms with E-state index < -0.39 is 29.8 Å². The first kappa shape index (κ1) is 9.57. The number of carboxylic acid groups (broad SMARTS) is 1. The van der Waals surface area contributed by atoms with Crippen LogP contribution in [-0.4, -0.2) is 5.97 Å². The number of halogens is 3. The molecule has 0 unspecified atom stereocenters. The molecule has 1 aromatic rings. The van der Waals surface area contributed by atoms with Crippen molar-refractivity contribution < 1.29 is 23.1 Å². The molecule has 0 spiro atoms. The molecule has 0 saturated heterocycles. The third-order valence-corrected chi connectivity index (χ3v) is 1.39. The molecule has 5 heteroatoms. The van der Waals surface area contributed by atoms with Crippen LogP contribution in [-0.2, 0) is 11.2 Å². The summed E-state index contributed by atoms with van der Waals surface area (Å²) >= 11 is 0. The van der Waals surface area contributed by atoms with Crippen LogP contribution in [0.2, 0.25) is 0 Å². The van der Waals surface area contributed by atoms with Crippen molar-refractivity contribution in [2.24, 2.45) is 0 Å².